The fourth-order valence-electron chi connectivity index (χ4n) is 11.4. The summed E-state index contributed by atoms with van der Waals surface area (Å²) >= 11 is 0. The third-order valence-corrected chi connectivity index (χ3v) is 16.2. The maximum absolute atomic E-state index is 15.4. The lowest BCUT2D eigenvalue weighted by atomic mass is 9.12. The molecule has 0 bridgehead atoms. The highest BCUT2D eigenvalue weighted by molar-refractivity contribution is 7.20. The summed E-state index contributed by atoms with van der Waals surface area (Å²) in [4.78, 5) is 1.19. The van der Waals surface area contributed by atoms with Crippen molar-refractivity contribution in [2.75, 3.05) is 19.6 Å². The molecule has 4 rings (SSSR count). The molecule has 0 saturated carbocycles. The lowest BCUT2D eigenvalue weighted by Gasteiger charge is -2.44. The Hall–Kier alpha value is -4.71. The van der Waals surface area contributed by atoms with Gasteiger partial charge >= 0.3 is 6.18 Å². The quantitative estimate of drug-likeness (QED) is 0.0149. The number of benzene rings is 4. The van der Waals surface area contributed by atoms with Gasteiger partial charge in [-0.15, -0.1) is 21.9 Å². The minimum Gasteiger partial charge on any atom is -0.335 e. The van der Waals surface area contributed by atoms with Crippen molar-refractivity contribution >= 4 is 28.0 Å². The Morgan fingerprint density at radius 1 is 0.216 bits per heavy atom. The molecule has 0 aliphatic carbocycles. The SMILES string of the molecule is CCCCCCCCCCCCCCCCCC[NH+](CCCCCCCCCCCCCCCCCC)CCC(F)(F)F.Fc1c(F)c(F)c([B-](c2c(F)c(F)c(F)c(F)c2F)(c2c(F)c(F)c(F)c(F)c2F)c2c(F)c(F)c(F)c(F)c2F)c(F)c1F. The Labute approximate surface area is 500 Å². The summed E-state index contributed by atoms with van der Waals surface area (Å²) in [5.74, 6) is -71.4. The van der Waals surface area contributed by atoms with E-state index in [0.717, 1.165) is 25.9 Å². The van der Waals surface area contributed by atoms with E-state index >= 15 is 35.1 Å². The van der Waals surface area contributed by atoms with Gasteiger partial charge in [-0.1, -0.05) is 194 Å². The van der Waals surface area contributed by atoms with Gasteiger partial charge in [0.1, 0.15) is 52.7 Å². The molecule has 0 unspecified atom stereocenters. The standard InChI is InChI=1S/C39H78F3N.C24BF20/c1-3-5-7-9-11-13-15-17-19-21-23-25-27-29-31-33-36-43(38-35-39(40,41)42)37-34-32-30-28-26-24-22-20-18-16-14-12-10-8-6-4-2;26-5-1(6(27)14(35)21(42)13(5)34)25(2-7(28)15(36)22(43)16(37)8(2)29,3-9(30)17(38)23(44)18(39)10(3)31)4-11(32)19(40)24(45)20(41)12(4)33/h3-38H2,1-2H3;/q;-1/p+1. The van der Waals surface area contributed by atoms with Gasteiger partial charge in [0, 0.05) is 0 Å². The molecule has 0 atom stereocenters. The molecule has 0 spiro atoms. The molecular weight excluding hydrogens is 1220 g/mol. The summed E-state index contributed by atoms with van der Waals surface area (Å²) < 4.78 is 333. The maximum atomic E-state index is 15.4. The van der Waals surface area contributed by atoms with Gasteiger partial charge in [-0.05, 0) is 25.7 Å². The number of hydrogen-bond donors (Lipinski definition) is 1. The number of nitrogens with one attached hydrogen (secondary N) is 1. The first-order valence-electron chi connectivity index (χ1n) is 30.8. The van der Waals surface area contributed by atoms with E-state index in [9.17, 15) is 65.9 Å². The van der Waals surface area contributed by atoms with Crippen molar-refractivity contribution in [2.45, 2.75) is 232 Å². The van der Waals surface area contributed by atoms with Crippen molar-refractivity contribution in [3.05, 3.63) is 116 Å². The van der Waals surface area contributed by atoms with E-state index in [2.05, 4.69) is 13.8 Å². The normalized spacial score (nSPS) is 12.1. The molecule has 4 aromatic rings. The lowest BCUT2D eigenvalue weighted by molar-refractivity contribution is -0.902. The summed E-state index contributed by atoms with van der Waals surface area (Å²) in [7, 11) is 0. The fourth-order valence-corrected chi connectivity index (χ4v) is 11.4. The third-order valence-electron chi connectivity index (χ3n) is 16.2. The average molecular weight is 1300 g/mol. The minimum atomic E-state index is -7.22. The molecule has 88 heavy (non-hydrogen) atoms. The third kappa shape index (κ3) is 21.2. The van der Waals surface area contributed by atoms with E-state index in [1.165, 1.54) is 198 Å². The van der Waals surface area contributed by atoms with E-state index in [1.807, 2.05) is 0 Å². The number of unbranched alkanes of at least 4 members (excludes halogenated alkanes) is 30. The van der Waals surface area contributed by atoms with Gasteiger partial charge in [0.15, 0.2) is 69.8 Å². The van der Waals surface area contributed by atoms with Crippen LogP contribution in [0.5, 0.6) is 0 Å². The van der Waals surface area contributed by atoms with Gasteiger partial charge in [0.25, 0.3) is 0 Å². The van der Waals surface area contributed by atoms with Crippen molar-refractivity contribution in [1.82, 2.24) is 0 Å². The van der Waals surface area contributed by atoms with Gasteiger partial charge in [-0.25, -0.2) is 87.8 Å². The van der Waals surface area contributed by atoms with Gasteiger partial charge in [-0.2, -0.15) is 13.2 Å². The van der Waals surface area contributed by atoms with Gasteiger partial charge in [-0.3, -0.25) is 0 Å². The Morgan fingerprint density at radius 2 is 0.364 bits per heavy atom. The Bertz CT molecular complexity index is 2350. The van der Waals surface area contributed by atoms with Crippen LogP contribution in [0, 0.1) is 116 Å². The zero-order valence-corrected chi connectivity index (χ0v) is 49.7. The fraction of sp³-hybridized carbons (Fsp3) is 0.619. The number of hydrogen-bond acceptors (Lipinski definition) is 0. The van der Waals surface area contributed by atoms with Crippen LogP contribution in [0.1, 0.15) is 226 Å². The Kier molecular flexibility index (Phi) is 34.2. The van der Waals surface area contributed by atoms with E-state index < -0.39 is 157 Å². The average Bonchev–Trinajstić information content (AvgIpc) is 0.779. The number of alkyl halides is 3. The van der Waals surface area contributed by atoms with Gasteiger partial charge in [0.05, 0.1) is 26.1 Å². The van der Waals surface area contributed by atoms with Crippen LogP contribution in [-0.2, 0) is 0 Å². The molecule has 0 aliphatic rings. The van der Waals surface area contributed by atoms with E-state index in [-0.39, 0.29) is 6.54 Å². The molecule has 0 fully saturated rings. The van der Waals surface area contributed by atoms with Crippen molar-refractivity contribution in [2.24, 2.45) is 0 Å². The monoisotopic (exact) mass is 1300 g/mol. The van der Waals surface area contributed by atoms with Crippen LogP contribution in [-0.4, -0.2) is 32.0 Å². The van der Waals surface area contributed by atoms with Gasteiger partial charge < -0.3 is 4.90 Å². The first-order chi connectivity index (χ1) is 41.7. The molecule has 0 amide bonds. The van der Waals surface area contributed by atoms with E-state index in [0.29, 0.717) is 0 Å². The van der Waals surface area contributed by atoms with Crippen LogP contribution in [0.3, 0.4) is 0 Å². The molecule has 0 aliphatic heterocycles. The molecular formula is C63H79BF23N. The Morgan fingerprint density at radius 3 is 0.523 bits per heavy atom. The molecule has 4 aromatic carbocycles. The van der Waals surface area contributed by atoms with Crippen molar-refractivity contribution in [1.29, 1.82) is 0 Å². The molecule has 1 nitrogen and oxygen atoms in total. The molecule has 25 heteroatoms. The summed E-state index contributed by atoms with van der Waals surface area (Å²) in [6, 6.07) is 0. The van der Waals surface area contributed by atoms with Crippen LogP contribution in [0.4, 0.5) is 101 Å². The van der Waals surface area contributed by atoms with E-state index in [1.54, 1.807) is 0 Å². The van der Waals surface area contributed by atoms with Crippen LogP contribution < -0.4 is 26.8 Å². The summed E-state index contributed by atoms with van der Waals surface area (Å²) in [5.41, 5.74) is -14.3. The number of quaternary nitrogens is 1. The first-order valence-corrected chi connectivity index (χ1v) is 30.8. The second-order valence-corrected chi connectivity index (χ2v) is 22.8. The summed E-state index contributed by atoms with van der Waals surface area (Å²) in [5, 5.41) is 0. The van der Waals surface area contributed by atoms with Crippen LogP contribution >= 0.6 is 0 Å². The molecule has 500 valence electrons. The predicted molar refractivity (Wildman–Crippen MR) is 295 cm³/mol. The number of halogens is 23. The highest BCUT2D eigenvalue weighted by atomic mass is 19.4. The molecule has 0 saturated heterocycles. The molecule has 0 heterocycles. The smallest absolute Gasteiger partial charge is 0.335 e. The predicted octanol–water partition coefficient (Wildman–Crippen LogP) is 19.2. The largest absolute Gasteiger partial charge is 0.394 e. The molecule has 0 aromatic heterocycles. The molecule has 1 N–H and O–H groups in total. The number of rotatable bonds is 40. The first kappa shape index (κ1) is 77.5. The van der Waals surface area contributed by atoms with E-state index in [4.69, 9.17) is 0 Å². The minimum absolute atomic E-state index is 0.265. The molecule has 0 radical (unpaired) electrons. The zero-order chi connectivity index (χ0) is 65.9. The zero-order valence-electron chi connectivity index (χ0n) is 49.7. The highest BCUT2D eigenvalue weighted by Gasteiger charge is 2.52. The topological polar surface area (TPSA) is 4.44 Å². The summed E-state index contributed by atoms with van der Waals surface area (Å²) in [6.45, 7) is 6.67. The van der Waals surface area contributed by atoms with Crippen molar-refractivity contribution < 1.29 is 106 Å². The summed E-state index contributed by atoms with van der Waals surface area (Å²) in [6.07, 6.45) is 31.2. The lowest BCUT2D eigenvalue weighted by Crippen LogP contribution is -3.12. The van der Waals surface area contributed by atoms with Crippen LogP contribution in [0.25, 0.3) is 0 Å². The maximum Gasteiger partial charge on any atom is 0.394 e. The van der Waals surface area contributed by atoms with Crippen molar-refractivity contribution in [3.63, 3.8) is 0 Å². The van der Waals surface area contributed by atoms with Crippen LogP contribution in [0.2, 0.25) is 0 Å². The second kappa shape index (κ2) is 38.9. The van der Waals surface area contributed by atoms with Gasteiger partial charge in [0.2, 0.25) is 0 Å². The highest BCUT2D eigenvalue weighted by Crippen LogP contribution is 2.31. The Balaban J connectivity index is 0.000000461. The van der Waals surface area contributed by atoms with Crippen molar-refractivity contribution in [3.8, 4) is 0 Å². The van der Waals surface area contributed by atoms with Crippen LogP contribution in [0.15, 0.2) is 0 Å². The second-order valence-electron chi connectivity index (χ2n) is 22.8.